The van der Waals surface area contributed by atoms with Crippen LogP contribution in [0, 0.1) is 0 Å². The Morgan fingerprint density at radius 2 is 1.76 bits per heavy atom. The number of carbonyl (C=O) groups excluding carboxylic acids is 2. The lowest BCUT2D eigenvalue weighted by Crippen LogP contribution is -3.15. The first-order valence-corrected chi connectivity index (χ1v) is 9.82. The van der Waals surface area contributed by atoms with E-state index in [9.17, 15) is 9.59 Å². The Balaban J connectivity index is 1.61. The number of amides is 2. The molecule has 8 heteroatoms. The van der Waals surface area contributed by atoms with E-state index in [1.807, 2.05) is 19.0 Å². The topological polar surface area (TPSA) is 88.3 Å². The molecule has 1 atom stereocenters. The second-order valence-electron chi connectivity index (χ2n) is 7.28. The largest absolute Gasteiger partial charge is 0.467 e. The van der Waals surface area contributed by atoms with E-state index in [1.165, 1.54) is 11.2 Å². The molecule has 0 radical (unpaired) electrons. The van der Waals surface area contributed by atoms with Crippen molar-refractivity contribution in [1.29, 1.82) is 0 Å². The molecule has 1 aliphatic heterocycles. The Bertz CT molecular complexity index is 784. The Kier molecular flexibility index (Phi) is 7.26. The number of rotatable bonds is 7. The van der Waals surface area contributed by atoms with Crippen LogP contribution < -0.4 is 20.4 Å². The number of furan rings is 1. The quantitative estimate of drug-likeness (QED) is 0.556. The summed E-state index contributed by atoms with van der Waals surface area (Å²) in [5.41, 5.74) is 2.25. The van der Waals surface area contributed by atoms with Gasteiger partial charge in [0.05, 0.1) is 32.6 Å². The highest BCUT2D eigenvalue weighted by Gasteiger charge is 2.28. The van der Waals surface area contributed by atoms with Gasteiger partial charge in [0, 0.05) is 25.3 Å². The predicted octanol–water partition coefficient (Wildman–Crippen LogP) is -0.266. The number of nitrogens with zero attached hydrogens (tertiary/aromatic N) is 1. The molecule has 1 aromatic carbocycles. The van der Waals surface area contributed by atoms with Gasteiger partial charge in [0.1, 0.15) is 24.9 Å². The number of nitrogens with one attached hydrogen (secondary N) is 3. The molecule has 2 heterocycles. The molecular weight excluding hydrogens is 372 g/mol. The smallest absolute Gasteiger partial charge is 0.309 e. The van der Waals surface area contributed by atoms with Crippen LogP contribution in [-0.2, 0) is 20.9 Å². The van der Waals surface area contributed by atoms with Crippen LogP contribution in [0.25, 0.3) is 0 Å². The first-order valence-electron chi connectivity index (χ1n) is 9.82. The molecule has 2 aromatic rings. The van der Waals surface area contributed by atoms with E-state index >= 15 is 0 Å². The molecule has 156 valence electrons. The normalized spacial score (nSPS) is 15.5. The fraction of sp³-hybridized carbons (Fsp3) is 0.429. The minimum absolute atomic E-state index is 0.0527. The van der Waals surface area contributed by atoms with Crippen molar-refractivity contribution in [2.75, 3.05) is 51.8 Å². The van der Waals surface area contributed by atoms with Gasteiger partial charge in [-0.1, -0.05) is 12.1 Å². The zero-order valence-corrected chi connectivity index (χ0v) is 16.9. The number of benzene rings is 1. The van der Waals surface area contributed by atoms with E-state index in [1.54, 1.807) is 12.1 Å². The summed E-state index contributed by atoms with van der Waals surface area (Å²) < 4.78 is 10.6. The molecule has 1 aliphatic rings. The number of ether oxygens (including phenoxy) is 1. The molecule has 3 N–H and O–H groups in total. The average molecular weight is 401 g/mol. The highest BCUT2D eigenvalue weighted by Crippen LogP contribution is 2.16. The summed E-state index contributed by atoms with van der Waals surface area (Å²) in [5.74, 6) is -0.706. The van der Waals surface area contributed by atoms with Gasteiger partial charge in [-0.2, -0.15) is 0 Å². The number of carbonyl (C=O) groups is 2. The van der Waals surface area contributed by atoms with Crippen LogP contribution >= 0.6 is 0 Å². The third-order valence-electron chi connectivity index (χ3n) is 5.12. The zero-order chi connectivity index (χ0) is 20.6. The van der Waals surface area contributed by atoms with Gasteiger partial charge in [0.2, 0.25) is 0 Å². The molecule has 1 fully saturated rings. The van der Waals surface area contributed by atoms with Crippen LogP contribution in [0.4, 0.5) is 5.69 Å². The molecule has 0 aliphatic carbocycles. The van der Waals surface area contributed by atoms with Gasteiger partial charge in [-0.3, -0.25) is 9.59 Å². The third kappa shape index (κ3) is 5.82. The summed E-state index contributed by atoms with van der Waals surface area (Å²) in [4.78, 5) is 27.7. The lowest BCUT2D eigenvalue weighted by molar-refractivity contribution is -0.937. The zero-order valence-electron chi connectivity index (χ0n) is 16.9. The van der Waals surface area contributed by atoms with Crippen molar-refractivity contribution in [3.8, 4) is 0 Å². The molecule has 1 aromatic heterocycles. The summed E-state index contributed by atoms with van der Waals surface area (Å²) in [5, 5.41) is 5.36. The minimum atomic E-state index is -0.667. The summed E-state index contributed by atoms with van der Waals surface area (Å²) in [6.07, 6.45) is 1.53. The number of morpholine rings is 1. The second kappa shape index (κ2) is 10.1. The number of hydrogen-bond donors (Lipinski definition) is 3. The summed E-state index contributed by atoms with van der Waals surface area (Å²) >= 11 is 0. The SMILES string of the molecule is CN(C)c1ccc([C@H](CNC(=O)C(=O)NCc2ccco2)[NH+]2CCOCC2)cc1. The molecule has 0 saturated carbocycles. The van der Waals surface area contributed by atoms with Gasteiger partial charge in [-0.25, -0.2) is 0 Å². The van der Waals surface area contributed by atoms with Gasteiger partial charge in [-0.15, -0.1) is 0 Å². The maximum Gasteiger partial charge on any atom is 0.309 e. The van der Waals surface area contributed by atoms with Gasteiger partial charge in [-0.05, 0) is 24.3 Å². The van der Waals surface area contributed by atoms with Crippen molar-refractivity contribution < 1.29 is 23.6 Å². The Morgan fingerprint density at radius 3 is 2.38 bits per heavy atom. The van der Waals surface area contributed by atoms with Crippen molar-refractivity contribution in [3.05, 3.63) is 54.0 Å². The Hall–Kier alpha value is -2.84. The molecule has 29 heavy (non-hydrogen) atoms. The highest BCUT2D eigenvalue weighted by atomic mass is 16.5. The van der Waals surface area contributed by atoms with Gasteiger partial charge < -0.3 is 29.6 Å². The van der Waals surface area contributed by atoms with Gasteiger partial charge in [0.15, 0.2) is 0 Å². The molecule has 0 unspecified atom stereocenters. The fourth-order valence-electron chi connectivity index (χ4n) is 3.42. The van der Waals surface area contributed by atoms with Crippen molar-refractivity contribution >= 4 is 17.5 Å². The lowest BCUT2D eigenvalue weighted by atomic mass is 10.0. The van der Waals surface area contributed by atoms with Crippen LogP contribution in [-0.4, -0.2) is 58.8 Å². The molecule has 1 saturated heterocycles. The minimum Gasteiger partial charge on any atom is -0.467 e. The van der Waals surface area contributed by atoms with Crippen LogP contribution in [0.15, 0.2) is 47.1 Å². The number of anilines is 1. The Labute approximate surface area is 170 Å². The molecule has 8 nitrogen and oxygen atoms in total. The second-order valence-corrected chi connectivity index (χ2v) is 7.28. The highest BCUT2D eigenvalue weighted by molar-refractivity contribution is 6.35. The maximum absolute atomic E-state index is 12.3. The van der Waals surface area contributed by atoms with Crippen molar-refractivity contribution in [1.82, 2.24) is 10.6 Å². The van der Waals surface area contributed by atoms with Crippen LogP contribution in [0.2, 0.25) is 0 Å². The summed E-state index contributed by atoms with van der Waals surface area (Å²) in [7, 11) is 4.00. The molecule has 0 bridgehead atoms. The van der Waals surface area contributed by atoms with E-state index in [4.69, 9.17) is 9.15 Å². The monoisotopic (exact) mass is 401 g/mol. The van der Waals surface area contributed by atoms with E-state index in [0.717, 1.165) is 24.3 Å². The lowest BCUT2D eigenvalue weighted by Gasteiger charge is -2.32. The molecule has 2 amide bonds. The molecule has 3 rings (SSSR count). The van der Waals surface area contributed by atoms with E-state index in [2.05, 4.69) is 34.9 Å². The number of hydrogen-bond acceptors (Lipinski definition) is 5. The van der Waals surface area contributed by atoms with Gasteiger partial charge >= 0.3 is 11.8 Å². The van der Waals surface area contributed by atoms with Gasteiger partial charge in [0.25, 0.3) is 0 Å². The average Bonchev–Trinajstić information content (AvgIpc) is 3.27. The van der Waals surface area contributed by atoms with Crippen molar-refractivity contribution in [3.63, 3.8) is 0 Å². The van der Waals surface area contributed by atoms with Crippen molar-refractivity contribution in [2.45, 2.75) is 12.6 Å². The van der Waals surface area contributed by atoms with E-state index < -0.39 is 11.8 Å². The fourth-order valence-corrected chi connectivity index (χ4v) is 3.42. The first kappa shape index (κ1) is 20.9. The maximum atomic E-state index is 12.3. The van der Waals surface area contributed by atoms with Crippen molar-refractivity contribution in [2.24, 2.45) is 0 Å². The molecule has 0 spiro atoms. The van der Waals surface area contributed by atoms with Crippen LogP contribution in [0.3, 0.4) is 0 Å². The summed E-state index contributed by atoms with van der Waals surface area (Å²) in [6.45, 7) is 3.67. The third-order valence-corrected chi connectivity index (χ3v) is 5.12. The van der Waals surface area contributed by atoms with E-state index in [-0.39, 0.29) is 12.6 Å². The first-order chi connectivity index (χ1) is 14.0. The number of quaternary nitrogens is 1. The Morgan fingerprint density at radius 1 is 1.07 bits per heavy atom. The van der Waals surface area contributed by atoms with E-state index in [0.29, 0.717) is 25.5 Å². The predicted molar refractivity (Wildman–Crippen MR) is 109 cm³/mol. The van der Waals surface area contributed by atoms with Crippen LogP contribution in [0.5, 0.6) is 0 Å². The standard InChI is InChI=1S/C21H28N4O4/c1-24(2)17-7-5-16(6-8-17)19(25-9-12-28-13-10-25)15-23-21(27)20(26)22-14-18-4-3-11-29-18/h3-8,11,19H,9-10,12-15H2,1-2H3,(H,22,26)(H,23,27)/p+1/t19-/m0/s1. The van der Waals surface area contributed by atoms with Crippen LogP contribution in [0.1, 0.15) is 17.4 Å². The molecular formula is C21H29N4O4+. The summed E-state index contributed by atoms with van der Waals surface area (Å²) in [6, 6.07) is 11.8.